The van der Waals surface area contributed by atoms with Gasteiger partial charge >= 0.3 is 5.97 Å². The molecule has 0 bridgehead atoms. The third-order valence-corrected chi connectivity index (χ3v) is 5.62. The predicted octanol–water partition coefficient (Wildman–Crippen LogP) is 2.97. The topological polar surface area (TPSA) is 126 Å². The molecule has 2 aromatic carbocycles. The summed E-state index contributed by atoms with van der Waals surface area (Å²) in [6.07, 6.45) is 0. The number of benzene rings is 2. The van der Waals surface area contributed by atoms with E-state index in [-0.39, 0.29) is 34.1 Å². The molecule has 0 unspecified atom stereocenters. The zero-order valence-electron chi connectivity index (χ0n) is 16.6. The number of hydrogen-bond donors (Lipinski definition) is 3. The molecule has 0 atom stereocenters. The summed E-state index contributed by atoms with van der Waals surface area (Å²) < 4.78 is 15.3. The van der Waals surface area contributed by atoms with Gasteiger partial charge in [-0.3, -0.25) is 9.59 Å². The lowest BCUT2D eigenvalue weighted by Crippen LogP contribution is -2.25. The molecule has 3 rings (SSSR count). The van der Waals surface area contributed by atoms with E-state index in [2.05, 4.69) is 20.8 Å². The van der Waals surface area contributed by atoms with Gasteiger partial charge in [0.1, 0.15) is 5.82 Å². The van der Waals surface area contributed by atoms with Crippen molar-refractivity contribution < 1.29 is 23.9 Å². The lowest BCUT2D eigenvalue weighted by Gasteiger charge is -2.08. The molecule has 0 aliphatic carbocycles. The number of aromatic nitrogens is 3. The van der Waals surface area contributed by atoms with Crippen LogP contribution in [0, 0.1) is 5.82 Å². The van der Waals surface area contributed by atoms with Crippen LogP contribution in [0.4, 0.5) is 10.1 Å². The van der Waals surface area contributed by atoms with Gasteiger partial charge in [-0.15, -0.1) is 10.2 Å². The van der Waals surface area contributed by atoms with Crippen molar-refractivity contribution in [2.45, 2.75) is 11.7 Å². The van der Waals surface area contributed by atoms with Gasteiger partial charge in [0.25, 0.3) is 5.91 Å². The number of nitrogens with zero attached hydrogens (tertiary/aromatic N) is 3. The highest BCUT2D eigenvalue weighted by molar-refractivity contribution is 7.99. The van der Waals surface area contributed by atoms with E-state index in [1.165, 1.54) is 36.4 Å². The smallest absolute Gasteiger partial charge is 0.335 e. The van der Waals surface area contributed by atoms with E-state index < -0.39 is 23.6 Å². The second-order valence-electron chi connectivity index (χ2n) is 6.46. The number of carbonyl (C=O) groups excluding carboxylic acids is 2. The molecule has 1 aromatic heterocycles. The van der Waals surface area contributed by atoms with Gasteiger partial charge in [-0.1, -0.05) is 35.5 Å². The molecule has 0 saturated carbocycles. The van der Waals surface area contributed by atoms with Gasteiger partial charge in [0, 0.05) is 7.05 Å². The highest BCUT2D eigenvalue weighted by Crippen LogP contribution is 2.24. The van der Waals surface area contributed by atoms with E-state index in [0.717, 1.165) is 11.8 Å². The van der Waals surface area contributed by atoms with Crippen molar-refractivity contribution in [3.8, 4) is 0 Å². The first kappa shape index (κ1) is 23.2. The summed E-state index contributed by atoms with van der Waals surface area (Å²) in [5.74, 6) is -2.40. The second kappa shape index (κ2) is 10.2. The summed E-state index contributed by atoms with van der Waals surface area (Å²) in [6, 6.07) is 9.61. The molecule has 0 aliphatic rings. The van der Waals surface area contributed by atoms with E-state index in [9.17, 15) is 18.8 Å². The molecule has 3 aromatic rings. The number of hydrogen-bond acceptors (Lipinski definition) is 6. The maximum absolute atomic E-state index is 13.7. The van der Waals surface area contributed by atoms with Crippen molar-refractivity contribution in [2.24, 2.45) is 7.05 Å². The first-order valence-electron chi connectivity index (χ1n) is 9.12. The Balaban J connectivity index is 1.56. The van der Waals surface area contributed by atoms with Crippen LogP contribution >= 0.6 is 23.4 Å². The van der Waals surface area contributed by atoms with Crippen molar-refractivity contribution in [1.29, 1.82) is 0 Å². The number of aromatic carboxylic acids is 1. The maximum Gasteiger partial charge on any atom is 0.335 e. The Morgan fingerprint density at radius 1 is 1.19 bits per heavy atom. The Hall–Kier alpha value is -3.44. The van der Waals surface area contributed by atoms with Gasteiger partial charge in [0.15, 0.2) is 11.0 Å². The van der Waals surface area contributed by atoms with Crippen molar-refractivity contribution in [2.75, 3.05) is 11.1 Å². The molecule has 0 saturated heterocycles. The molecule has 1 heterocycles. The third-order valence-electron chi connectivity index (χ3n) is 4.27. The quantitative estimate of drug-likeness (QED) is 0.426. The van der Waals surface area contributed by atoms with Crippen LogP contribution in [0.25, 0.3) is 0 Å². The predicted molar refractivity (Wildman–Crippen MR) is 116 cm³/mol. The molecule has 2 amide bonds. The summed E-state index contributed by atoms with van der Waals surface area (Å²) in [4.78, 5) is 35.4. The third kappa shape index (κ3) is 5.62. The van der Waals surface area contributed by atoms with Gasteiger partial charge in [-0.2, -0.15) is 0 Å². The van der Waals surface area contributed by atoms with Crippen LogP contribution in [0.5, 0.6) is 0 Å². The Morgan fingerprint density at radius 3 is 2.66 bits per heavy atom. The Morgan fingerprint density at radius 2 is 1.94 bits per heavy atom. The minimum absolute atomic E-state index is 0.00673. The molecule has 0 fully saturated rings. The largest absolute Gasteiger partial charge is 0.478 e. The van der Waals surface area contributed by atoms with Gasteiger partial charge in [-0.05, 0) is 30.3 Å². The average Bonchev–Trinajstić information content (AvgIpc) is 3.11. The number of anilines is 1. The minimum Gasteiger partial charge on any atom is -0.478 e. The van der Waals surface area contributed by atoms with Gasteiger partial charge in [0.2, 0.25) is 5.91 Å². The standard InChI is InChI=1S/C20H17ClFN5O4S/c1-27-16(9-23-18(29)12-4-2-3-5-14(12)22)25-26-20(27)32-10-17(28)24-15-8-11(19(30)31)6-7-13(15)21/h2-8H,9-10H2,1H3,(H,23,29)(H,24,28)(H,30,31). The summed E-state index contributed by atoms with van der Waals surface area (Å²) in [5, 5.41) is 22.8. The second-order valence-corrected chi connectivity index (χ2v) is 7.81. The summed E-state index contributed by atoms with van der Waals surface area (Å²) in [6.45, 7) is 0.0149. The van der Waals surface area contributed by atoms with Crippen LogP contribution in [0.2, 0.25) is 5.02 Å². The van der Waals surface area contributed by atoms with Crippen LogP contribution in [0.3, 0.4) is 0 Å². The molecule has 12 heteroatoms. The van der Waals surface area contributed by atoms with E-state index in [0.29, 0.717) is 11.0 Å². The van der Waals surface area contributed by atoms with Crippen LogP contribution in [-0.4, -0.2) is 43.4 Å². The number of halogens is 2. The van der Waals surface area contributed by atoms with Crippen LogP contribution in [0.15, 0.2) is 47.6 Å². The Labute approximate surface area is 191 Å². The van der Waals surface area contributed by atoms with Gasteiger partial charge in [-0.25, -0.2) is 9.18 Å². The van der Waals surface area contributed by atoms with Crippen LogP contribution in [0.1, 0.15) is 26.5 Å². The molecule has 0 aliphatic heterocycles. The van der Waals surface area contributed by atoms with Crippen LogP contribution < -0.4 is 10.6 Å². The molecule has 9 nitrogen and oxygen atoms in total. The van der Waals surface area contributed by atoms with E-state index in [1.54, 1.807) is 17.7 Å². The minimum atomic E-state index is -1.14. The lowest BCUT2D eigenvalue weighted by molar-refractivity contribution is -0.113. The van der Waals surface area contributed by atoms with E-state index >= 15 is 0 Å². The van der Waals surface area contributed by atoms with Crippen molar-refractivity contribution >= 4 is 46.8 Å². The zero-order chi connectivity index (χ0) is 23.3. The van der Waals surface area contributed by atoms with Crippen LogP contribution in [-0.2, 0) is 18.4 Å². The number of nitrogens with one attached hydrogen (secondary N) is 2. The number of rotatable bonds is 8. The van der Waals surface area contributed by atoms with Crippen molar-refractivity contribution in [3.63, 3.8) is 0 Å². The molecule has 0 radical (unpaired) electrons. The summed E-state index contributed by atoms with van der Waals surface area (Å²) >= 11 is 7.10. The first-order valence-corrected chi connectivity index (χ1v) is 10.5. The first-order chi connectivity index (χ1) is 15.3. The highest BCUT2D eigenvalue weighted by atomic mass is 35.5. The average molecular weight is 478 g/mol. The normalized spacial score (nSPS) is 10.6. The summed E-state index contributed by atoms with van der Waals surface area (Å²) in [5.41, 5.74) is 0.103. The fourth-order valence-electron chi connectivity index (χ4n) is 2.60. The lowest BCUT2D eigenvalue weighted by atomic mass is 10.2. The van der Waals surface area contributed by atoms with Crippen molar-refractivity contribution in [1.82, 2.24) is 20.1 Å². The van der Waals surface area contributed by atoms with E-state index in [4.69, 9.17) is 16.7 Å². The van der Waals surface area contributed by atoms with E-state index in [1.807, 2.05) is 0 Å². The Kier molecular flexibility index (Phi) is 7.44. The Bertz CT molecular complexity index is 1190. The maximum atomic E-state index is 13.7. The number of thioether (sulfide) groups is 1. The molecular formula is C20H17ClFN5O4S. The number of amides is 2. The monoisotopic (exact) mass is 477 g/mol. The van der Waals surface area contributed by atoms with Crippen molar-refractivity contribution in [3.05, 3.63) is 70.3 Å². The molecule has 32 heavy (non-hydrogen) atoms. The fraction of sp³-hybridized carbons (Fsp3) is 0.150. The van der Waals surface area contributed by atoms with Gasteiger partial charge in [0.05, 0.1) is 34.1 Å². The SMILES string of the molecule is Cn1c(CNC(=O)c2ccccc2F)nnc1SCC(=O)Nc1cc(C(=O)O)ccc1Cl. The molecular weight excluding hydrogens is 461 g/mol. The molecule has 166 valence electrons. The molecule has 3 N–H and O–H groups in total. The number of carbonyl (C=O) groups is 3. The number of carboxylic acid groups (broad SMARTS) is 1. The number of carboxylic acids is 1. The highest BCUT2D eigenvalue weighted by Gasteiger charge is 2.16. The fourth-order valence-corrected chi connectivity index (χ4v) is 3.49. The molecule has 0 spiro atoms. The zero-order valence-corrected chi connectivity index (χ0v) is 18.2. The van der Waals surface area contributed by atoms with Gasteiger partial charge < -0.3 is 20.3 Å². The summed E-state index contributed by atoms with van der Waals surface area (Å²) in [7, 11) is 1.66.